The Bertz CT molecular complexity index is 522. The number of benzene rings is 1. The van der Waals surface area contributed by atoms with E-state index in [9.17, 15) is 0 Å². The number of aromatic nitrogens is 2. The van der Waals surface area contributed by atoms with Crippen LogP contribution in [0.5, 0.6) is 0 Å². The van der Waals surface area contributed by atoms with Crippen molar-refractivity contribution in [2.45, 2.75) is 39.6 Å². The highest BCUT2D eigenvalue weighted by Gasteiger charge is 2.07. The largest absolute Gasteiger partial charge is 0.392 e. The Morgan fingerprint density at radius 3 is 2.84 bits per heavy atom. The second-order valence-corrected chi connectivity index (χ2v) is 4.71. The minimum atomic E-state index is 0.0899. The molecule has 102 valence electrons. The Morgan fingerprint density at radius 1 is 1.37 bits per heavy atom. The fourth-order valence-electron chi connectivity index (χ4n) is 2.00. The summed E-state index contributed by atoms with van der Waals surface area (Å²) in [6.45, 7) is 5.98. The molecule has 2 N–H and O–H groups in total. The minimum absolute atomic E-state index is 0.0899. The summed E-state index contributed by atoms with van der Waals surface area (Å²) in [4.78, 5) is 0. The van der Waals surface area contributed by atoms with Gasteiger partial charge >= 0.3 is 0 Å². The van der Waals surface area contributed by atoms with Crippen molar-refractivity contribution >= 4 is 0 Å². The quantitative estimate of drug-likeness (QED) is 0.836. The van der Waals surface area contributed by atoms with E-state index in [0.717, 1.165) is 18.7 Å². The molecule has 1 unspecified atom stereocenters. The zero-order chi connectivity index (χ0) is 13.7. The van der Waals surface area contributed by atoms with E-state index in [4.69, 9.17) is 5.11 Å². The maximum Gasteiger partial charge on any atom is 0.0681 e. The fraction of sp³-hybridized carbons (Fsp3) is 0.400. The predicted octanol–water partition coefficient (Wildman–Crippen LogP) is 2.25. The molecule has 4 nitrogen and oxygen atoms in total. The van der Waals surface area contributed by atoms with Crippen LogP contribution in [-0.2, 0) is 19.7 Å². The van der Waals surface area contributed by atoms with E-state index in [2.05, 4.69) is 36.5 Å². The second kappa shape index (κ2) is 6.50. The average molecular weight is 259 g/mol. The second-order valence-electron chi connectivity index (χ2n) is 4.71. The molecule has 19 heavy (non-hydrogen) atoms. The fourth-order valence-corrected chi connectivity index (χ4v) is 2.00. The first-order valence-corrected chi connectivity index (χ1v) is 6.67. The van der Waals surface area contributed by atoms with E-state index in [1.807, 2.05) is 29.1 Å². The van der Waals surface area contributed by atoms with Gasteiger partial charge in [-0.15, -0.1) is 0 Å². The topological polar surface area (TPSA) is 50.1 Å². The third-order valence-electron chi connectivity index (χ3n) is 3.26. The standard InChI is InChI=1S/C15H21N3O/c1-3-18-10-15(9-17-18)12(2)16-8-13-5-4-6-14(7-13)11-19/h4-7,9-10,12,16,19H,3,8,11H2,1-2H3. The number of aliphatic hydroxyl groups is 1. The molecule has 0 aliphatic heterocycles. The van der Waals surface area contributed by atoms with Crippen LogP contribution in [0.3, 0.4) is 0 Å². The summed E-state index contributed by atoms with van der Waals surface area (Å²) >= 11 is 0. The van der Waals surface area contributed by atoms with E-state index in [0.29, 0.717) is 0 Å². The molecule has 1 heterocycles. The molecule has 1 aromatic carbocycles. The van der Waals surface area contributed by atoms with Gasteiger partial charge in [0.2, 0.25) is 0 Å². The van der Waals surface area contributed by atoms with Crippen molar-refractivity contribution in [3.63, 3.8) is 0 Å². The van der Waals surface area contributed by atoms with E-state index in [-0.39, 0.29) is 12.6 Å². The highest BCUT2D eigenvalue weighted by Crippen LogP contribution is 2.12. The van der Waals surface area contributed by atoms with Crippen molar-refractivity contribution in [1.29, 1.82) is 0 Å². The average Bonchev–Trinajstić information content (AvgIpc) is 2.94. The Hall–Kier alpha value is -1.65. The van der Waals surface area contributed by atoms with Crippen LogP contribution in [0, 0.1) is 0 Å². The molecule has 1 aromatic heterocycles. The SMILES string of the molecule is CCn1cc(C(C)NCc2cccc(CO)c2)cn1. The molecule has 2 rings (SSSR count). The van der Waals surface area contributed by atoms with Gasteiger partial charge in [0, 0.05) is 30.9 Å². The van der Waals surface area contributed by atoms with Crippen LogP contribution in [0.25, 0.3) is 0 Å². The van der Waals surface area contributed by atoms with Crippen LogP contribution in [0.15, 0.2) is 36.7 Å². The van der Waals surface area contributed by atoms with E-state index in [1.54, 1.807) is 0 Å². The number of nitrogens with zero attached hydrogens (tertiary/aromatic N) is 2. The maximum absolute atomic E-state index is 9.12. The summed E-state index contributed by atoms with van der Waals surface area (Å²) < 4.78 is 1.93. The molecular weight excluding hydrogens is 238 g/mol. The molecule has 0 saturated carbocycles. The monoisotopic (exact) mass is 259 g/mol. The highest BCUT2D eigenvalue weighted by atomic mass is 16.3. The first-order chi connectivity index (χ1) is 9.22. The lowest BCUT2D eigenvalue weighted by Crippen LogP contribution is -2.17. The molecule has 4 heteroatoms. The molecule has 0 fully saturated rings. The van der Waals surface area contributed by atoms with Gasteiger partial charge < -0.3 is 10.4 Å². The van der Waals surface area contributed by atoms with Crippen molar-refractivity contribution in [3.05, 3.63) is 53.3 Å². The number of nitrogens with one attached hydrogen (secondary N) is 1. The van der Waals surface area contributed by atoms with Crippen LogP contribution in [0.4, 0.5) is 0 Å². The van der Waals surface area contributed by atoms with Gasteiger partial charge in [0.1, 0.15) is 0 Å². The summed E-state index contributed by atoms with van der Waals surface area (Å²) in [6.07, 6.45) is 3.98. The molecule has 0 amide bonds. The third-order valence-corrected chi connectivity index (χ3v) is 3.26. The molecule has 2 aromatic rings. The molecule has 0 spiro atoms. The normalized spacial score (nSPS) is 12.6. The summed E-state index contributed by atoms with van der Waals surface area (Å²) in [7, 11) is 0. The van der Waals surface area contributed by atoms with E-state index >= 15 is 0 Å². The van der Waals surface area contributed by atoms with Crippen molar-refractivity contribution in [2.75, 3.05) is 0 Å². The first-order valence-electron chi connectivity index (χ1n) is 6.67. The third kappa shape index (κ3) is 3.66. The molecule has 1 atom stereocenters. The molecule has 0 saturated heterocycles. The molecule has 0 aliphatic rings. The van der Waals surface area contributed by atoms with Gasteiger partial charge in [0.25, 0.3) is 0 Å². The van der Waals surface area contributed by atoms with E-state index in [1.165, 1.54) is 11.1 Å². The van der Waals surface area contributed by atoms with Crippen LogP contribution >= 0.6 is 0 Å². The molecular formula is C15H21N3O. The molecule has 0 bridgehead atoms. The lowest BCUT2D eigenvalue weighted by molar-refractivity contribution is 0.281. The smallest absolute Gasteiger partial charge is 0.0681 e. The van der Waals surface area contributed by atoms with Gasteiger partial charge in [0.15, 0.2) is 0 Å². The number of aliphatic hydroxyl groups excluding tert-OH is 1. The van der Waals surface area contributed by atoms with Crippen LogP contribution in [0.1, 0.15) is 36.6 Å². The number of hydrogen-bond donors (Lipinski definition) is 2. The first kappa shape index (κ1) is 13.8. The van der Waals surface area contributed by atoms with Crippen molar-refractivity contribution in [3.8, 4) is 0 Å². The van der Waals surface area contributed by atoms with Crippen LogP contribution < -0.4 is 5.32 Å². The summed E-state index contributed by atoms with van der Waals surface area (Å²) in [5.74, 6) is 0. The van der Waals surface area contributed by atoms with Gasteiger partial charge in [-0.3, -0.25) is 4.68 Å². The Kier molecular flexibility index (Phi) is 4.71. The Balaban J connectivity index is 1.93. The van der Waals surface area contributed by atoms with Gasteiger partial charge in [0.05, 0.1) is 12.8 Å². The lowest BCUT2D eigenvalue weighted by Gasteiger charge is -2.12. The van der Waals surface area contributed by atoms with Crippen LogP contribution in [0.2, 0.25) is 0 Å². The number of aryl methyl sites for hydroxylation is 1. The van der Waals surface area contributed by atoms with E-state index < -0.39 is 0 Å². The van der Waals surface area contributed by atoms with Crippen molar-refractivity contribution in [2.24, 2.45) is 0 Å². The minimum Gasteiger partial charge on any atom is -0.392 e. The zero-order valence-corrected chi connectivity index (χ0v) is 11.5. The molecule has 0 radical (unpaired) electrons. The Morgan fingerprint density at radius 2 is 2.16 bits per heavy atom. The number of rotatable bonds is 6. The summed E-state index contributed by atoms with van der Waals surface area (Å²) in [5.41, 5.74) is 3.33. The van der Waals surface area contributed by atoms with Gasteiger partial charge in [-0.25, -0.2) is 0 Å². The zero-order valence-electron chi connectivity index (χ0n) is 11.5. The van der Waals surface area contributed by atoms with Gasteiger partial charge in [-0.1, -0.05) is 24.3 Å². The Labute approximate surface area is 114 Å². The van der Waals surface area contributed by atoms with Gasteiger partial charge in [-0.2, -0.15) is 5.10 Å². The van der Waals surface area contributed by atoms with Gasteiger partial charge in [-0.05, 0) is 25.0 Å². The van der Waals surface area contributed by atoms with Crippen molar-refractivity contribution < 1.29 is 5.11 Å². The predicted molar refractivity (Wildman–Crippen MR) is 75.5 cm³/mol. The van der Waals surface area contributed by atoms with Crippen molar-refractivity contribution in [1.82, 2.24) is 15.1 Å². The summed E-state index contributed by atoms with van der Waals surface area (Å²) in [5, 5.41) is 16.9. The molecule has 0 aliphatic carbocycles. The highest BCUT2D eigenvalue weighted by molar-refractivity contribution is 5.23. The summed E-state index contributed by atoms with van der Waals surface area (Å²) in [6, 6.07) is 8.25. The maximum atomic E-state index is 9.12. The number of hydrogen-bond acceptors (Lipinski definition) is 3. The van der Waals surface area contributed by atoms with Crippen LogP contribution in [-0.4, -0.2) is 14.9 Å². The lowest BCUT2D eigenvalue weighted by atomic mass is 10.1.